The van der Waals surface area contributed by atoms with E-state index in [0.717, 1.165) is 21.3 Å². The summed E-state index contributed by atoms with van der Waals surface area (Å²) in [5, 5.41) is 3.73. The van der Waals surface area contributed by atoms with Crippen LogP contribution in [0, 0.1) is 0 Å². The lowest BCUT2D eigenvalue weighted by Crippen LogP contribution is -2.47. The van der Waals surface area contributed by atoms with Gasteiger partial charge in [-0.25, -0.2) is 4.98 Å². The molecular weight excluding hydrogens is 340 g/mol. The normalized spacial score (nSPS) is 17.7. The van der Waals surface area contributed by atoms with Gasteiger partial charge in [0.15, 0.2) is 0 Å². The SMILES string of the molecule is CN(C(=O)C1CSC(c2ccc(-c3nccs3)cn2)=N1)C(C)(C)C. The van der Waals surface area contributed by atoms with E-state index in [0.29, 0.717) is 5.75 Å². The number of thiazole rings is 1. The highest BCUT2D eigenvalue weighted by Gasteiger charge is 2.32. The fourth-order valence-corrected chi connectivity index (χ4v) is 3.84. The van der Waals surface area contributed by atoms with Crippen LogP contribution in [-0.4, -0.2) is 50.2 Å². The molecule has 7 heteroatoms. The summed E-state index contributed by atoms with van der Waals surface area (Å²) >= 11 is 3.18. The average molecular weight is 361 g/mol. The van der Waals surface area contributed by atoms with Crippen LogP contribution in [0.4, 0.5) is 0 Å². The monoisotopic (exact) mass is 360 g/mol. The lowest BCUT2D eigenvalue weighted by Gasteiger charge is -2.33. The highest BCUT2D eigenvalue weighted by Crippen LogP contribution is 2.27. The molecule has 0 N–H and O–H groups in total. The summed E-state index contributed by atoms with van der Waals surface area (Å²) in [5.74, 6) is 0.731. The summed E-state index contributed by atoms with van der Waals surface area (Å²) in [7, 11) is 1.83. The molecular formula is C17H20N4OS2. The zero-order chi connectivity index (χ0) is 17.3. The predicted octanol–water partition coefficient (Wildman–Crippen LogP) is 3.32. The quantitative estimate of drug-likeness (QED) is 0.842. The molecule has 1 aliphatic heterocycles. The Balaban J connectivity index is 1.75. The van der Waals surface area contributed by atoms with Crippen LogP contribution < -0.4 is 0 Å². The number of pyridine rings is 1. The van der Waals surface area contributed by atoms with Crippen LogP contribution in [0.1, 0.15) is 26.5 Å². The summed E-state index contributed by atoms with van der Waals surface area (Å²) in [6.07, 6.45) is 3.60. The molecule has 2 aromatic heterocycles. The van der Waals surface area contributed by atoms with Gasteiger partial charge in [0.05, 0.1) is 5.69 Å². The number of amides is 1. The molecule has 0 fully saturated rings. The van der Waals surface area contributed by atoms with Crippen LogP contribution >= 0.6 is 23.1 Å². The first-order chi connectivity index (χ1) is 11.4. The molecule has 1 unspecified atom stereocenters. The predicted molar refractivity (Wildman–Crippen MR) is 101 cm³/mol. The molecule has 0 aliphatic carbocycles. The number of carbonyl (C=O) groups excluding carboxylic acids is 1. The number of aromatic nitrogens is 2. The van der Waals surface area contributed by atoms with E-state index in [-0.39, 0.29) is 17.5 Å². The standard InChI is InChI=1S/C17H20N4OS2/c1-17(2,3)21(4)16(22)13-10-24-15(20-13)12-6-5-11(9-19-12)14-18-7-8-23-14/h5-9,13H,10H2,1-4H3. The third kappa shape index (κ3) is 3.52. The Labute approximate surface area is 150 Å². The molecule has 0 saturated heterocycles. The van der Waals surface area contributed by atoms with Gasteiger partial charge in [-0.1, -0.05) is 0 Å². The molecule has 0 spiro atoms. The van der Waals surface area contributed by atoms with Gasteiger partial charge in [0, 0.05) is 41.7 Å². The second-order valence-corrected chi connectivity index (χ2v) is 8.50. The molecule has 3 heterocycles. The van der Waals surface area contributed by atoms with Crippen LogP contribution in [-0.2, 0) is 4.79 Å². The van der Waals surface area contributed by atoms with E-state index in [1.165, 1.54) is 0 Å². The fourth-order valence-electron chi connectivity index (χ4n) is 2.21. The second-order valence-electron chi connectivity index (χ2n) is 6.60. The van der Waals surface area contributed by atoms with Gasteiger partial charge >= 0.3 is 0 Å². The van der Waals surface area contributed by atoms with Gasteiger partial charge in [-0.15, -0.1) is 23.1 Å². The first kappa shape index (κ1) is 17.1. The third-order valence-corrected chi connectivity index (χ3v) is 5.83. The second kappa shape index (κ2) is 6.64. The number of hydrogen-bond donors (Lipinski definition) is 0. The molecule has 126 valence electrons. The largest absolute Gasteiger partial charge is 0.339 e. The van der Waals surface area contributed by atoms with Gasteiger partial charge in [-0.3, -0.25) is 14.8 Å². The zero-order valence-electron chi connectivity index (χ0n) is 14.2. The topological polar surface area (TPSA) is 58.5 Å². The van der Waals surface area contributed by atoms with Crippen molar-refractivity contribution in [2.24, 2.45) is 4.99 Å². The average Bonchev–Trinajstić information content (AvgIpc) is 3.24. The Kier molecular flexibility index (Phi) is 4.73. The van der Waals surface area contributed by atoms with Crippen LogP contribution in [0.15, 0.2) is 34.9 Å². The Morgan fingerprint density at radius 3 is 2.67 bits per heavy atom. The van der Waals surface area contributed by atoms with Crippen LogP contribution in [0.3, 0.4) is 0 Å². The van der Waals surface area contributed by atoms with Gasteiger partial charge in [0.2, 0.25) is 5.91 Å². The van der Waals surface area contributed by atoms with Crippen molar-refractivity contribution >= 4 is 34.0 Å². The van der Waals surface area contributed by atoms with Gasteiger partial charge in [-0.2, -0.15) is 0 Å². The van der Waals surface area contributed by atoms with Crippen molar-refractivity contribution < 1.29 is 4.79 Å². The van der Waals surface area contributed by atoms with Gasteiger partial charge in [0.25, 0.3) is 0 Å². The number of nitrogens with zero attached hydrogens (tertiary/aromatic N) is 4. The molecule has 0 bridgehead atoms. The summed E-state index contributed by atoms with van der Waals surface area (Å²) in [5.41, 5.74) is 1.61. The maximum absolute atomic E-state index is 12.6. The molecule has 0 radical (unpaired) electrons. The molecule has 24 heavy (non-hydrogen) atoms. The molecule has 3 rings (SSSR count). The maximum atomic E-state index is 12.6. The fraction of sp³-hybridized carbons (Fsp3) is 0.412. The van der Waals surface area contributed by atoms with Gasteiger partial charge in [0.1, 0.15) is 16.1 Å². The maximum Gasteiger partial charge on any atom is 0.248 e. The van der Waals surface area contributed by atoms with E-state index in [2.05, 4.69) is 15.0 Å². The Bertz CT molecular complexity index is 748. The highest BCUT2D eigenvalue weighted by molar-refractivity contribution is 8.14. The van der Waals surface area contributed by atoms with Crippen molar-refractivity contribution in [3.05, 3.63) is 35.6 Å². The number of likely N-dealkylation sites (N-methyl/N-ethyl adjacent to an activating group) is 1. The Hall–Kier alpha value is -1.73. The molecule has 1 atom stereocenters. The molecule has 0 saturated carbocycles. The Morgan fingerprint density at radius 2 is 2.08 bits per heavy atom. The molecule has 1 amide bonds. The smallest absolute Gasteiger partial charge is 0.248 e. The highest BCUT2D eigenvalue weighted by atomic mass is 32.2. The van der Waals surface area contributed by atoms with E-state index >= 15 is 0 Å². The number of rotatable bonds is 3. The number of aliphatic imine (C=N–C) groups is 1. The van der Waals surface area contributed by atoms with Crippen molar-refractivity contribution in [2.45, 2.75) is 32.4 Å². The number of carbonyl (C=O) groups is 1. The third-order valence-electron chi connectivity index (χ3n) is 3.93. The first-order valence-corrected chi connectivity index (χ1v) is 9.57. The van der Waals surface area contributed by atoms with Crippen molar-refractivity contribution in [3.8, 4) is 10.6 Å². The zero-order valence-corrected chi connectivity index (χ0v) is 15.8. The van der Waals surface area contributed by atoms with E-state index in [1.54, 1.807) is 34.2 Å². The minimum Gasteiger partial charge on any atom is -0.339 e. The van der Waals surface area contributed by atoms with Crippen molar-refractivity contribution in [2.75, 3.05) is 12.8 Å². The summed E-state index contributed by atoms with van der Waals surface area (Å²) < 4.78 is 0. The van der Waals surface area contributed by atoms with E-state index < -0.39 is 0 Å². The number of hydrogen-bond acceptors (Lipinski definition) is 6. The minimum absolute atomic E-state index is 0.0596. The lowest BCUT2D eigenvalue weighted by atomic mass is 10.1. The van der Waals surface area contributed by atoms with Crippen molar-refractivity contribution in [3.63, 3.8) is 0 Å². The molecule has 2 aromatic rings. The summed E-state index contributed by atoms with van der Waals surface area (Å²) in [6, 6.07) is 3.62. The van der Waals surface area contributed by atoms with E-state index in [4.69, 9.17) is 0 Å². The van der Waals surface area contributed by atoms with Crippen molar-refractivity contribution in [1.29, 1.82) is 0 Å². The van der Waals surface area contributed by atoms with Crippen LogP contribution in [0.2, 0.25) is 0 Å². The van der Waals surface area contributed by atoms with E-state index in [1.807, 2.05) is 51.5 Å². The number of thioether (sulfide) groups is 1. The van der Waals surface area contributed by atoms with Crippen LogP contribution in [0.5, 0.6) is 0 Å². The molecule has 5 nitrogen and oxygen atoms in total. The lowest BCUT2D eigenvalue weighted by molar-refractivity contribution is -0.134. The molecule has 0 aromatic carbocycles. The van der Waals surface area contributed by atoms with Crippen molar-refractivity contribution in [1.82, 2.24) is 14.9 Å². The Morgan fingerprint density at radius 1 is 1.29 bits per heavy atom. The summed E-state index contributed by atoms with van der Waals surface area (Å²) in [4.78, 5) is 27.7. The minimum atomic E-state index is -0.324. The van der Waals surface area contributed by atoms with Crippen LogP contribution in [0.25, 0.3) is 10.6 Å². The molecule has 1 aliphatic rings. The van der Waals surface area contributed by atoms with E-state index in [9.17, 15) is 4.79 Å². The van der Waals surface area contributed by atoms with Gasteiger partial charge < -0.3 is 4.90 Å². The summed E-state index contributed by atoms with van der Waals surface area (Å²) in [6.45, 7) is 6.07. The van der Waals surface area contributed by atoms with Gasteiger partial charge in [-0.05, 0) is 32.9 Å². The first-order valence-electron chi connectivity index (χ1n) is 7.71.